The van der Waals surface area contributed by atoms with Crippen LogP contribution in [0.1, 0.15) is 16.7 Å². The summed E-state index contributed by atoms with van der Waals surface area (Å²) < 4.78 is 1.25. The molecule has 3 nitrogen and oxygen atoms in total. The summed E-state index contributed by atoms with van der Waals surface area (Å²) >= 11 is 6.58. The molecule has 2 rings (SSSR count). The van der Waals surface area contributed by atoms with Crippen molar-refractivity contribution in [3.05, 3.63) is 56.0 Å². The average molecular weight is 398 g/mol. The molecule has 104 valence electrons. The molecule has 0 aliphatic heterocycles. The number of hydrogen-bond acceptors (Lipinski definition) is 3. The first-order chi connectivity index (χ1) is 9.47. The number of halogens is 2. The summed E-state index contributed by atoms with van der Waals surface area (Å²) in [6.45, 7) is 4.10. The van der Waals surface area contributed by atoms with Crippen molar-refractivity contribution in [1.29, 1.82) is 0 Å². The van der Waals surface area contributed by atoms with Crippen LogP contribution < -0.4 is 5.43 Å². The molecule has 0 spiro atoms. The van der Waals surface area contributed by atoms with E-state index in [0.717, 1.165) is 16.8 Å². The van der Waals surface area contributed by atoms with Gasteiger partial charge in [-0.2, -0.15) is 5.10 Å². The first-order valence-electron chi connectivity index (χ1n) is 6.01. The summed E-state index contributed by atoms with van der Waals surface area (Å²) in [6, 6.07) is 9.75. The summed E-state index contributed by atoms with van der Waals surface area (Å²) in [5, 5.41) is 13.9. The Morgan fingerprint density at radius 1 is 1.10 bits per heavy atom. The summed E-state index contributed by atoms with van der Waals surface area (Å²) in [6.07, 6.45) is 1.70. The summed E-state index contributed by atoms with van der Waals surface area (Å²) in [5.41, 5.74) is 7.24. The second-order valence-electron chi connectivity index (χ2n) is 4.52. The number of hydrazone groups is 1. The summed E-state index contributed by atoms with van der Waals surface area (Å²) in [5.74, 6) is 0.185. The molecule has 2 aromatic carbocycles. The van der Waals surface area contributed by atoms with Crippen LogP contribution in [-0.4, -0.2) is 11.3 Å². The molecule has 0 heterocycles. The fraction of sp³-hybridized carbons (Fsp3) is 0.133. The zero-order chi connectivity index (χ0) is 14.7. The van der Waals surface area contributed by atoms with Crippen molar-refractivity contribution in [2.45, 2.75) is 13.8 Å². The first-order valence-corrected chi connectivity index (χ1v) is 7.60. The number of aromatic hydroxyl groups is 1. The third-order valence-electron chi connectivity index (χ3n) is 2.82. The number of hydrogen-bond donors (Lipinski definition) is 2. The van der Waals surface area contributed by atoms with Crippen LogP contribution in [0.25, 0.3) is 0 Å². The van der Waals surface area contributed by atoms with E-state index >= 15 is 0 Å². The van der Waals surface area contributed by atoms with Crippen LogP contribution in [0.4, 0.5) is 5.69 Å². The Bertz CT molecular complexity index is 646. The molecule has 5 heteroatoms. The number of phenolic OH excluding ortho intramolecular Hbond substituents is 1. The van der Waals surface area contributed by atoms with Crippen LogP contribution in [0, 0.1) is 13.8 Å². The van der Waals surface area contributed by atoms with Crippen molar-refractivity contribution in [2.75, 3.05) is 5.43 Å². The zero-order valence-electron chi connectivity index (χ0n) is 11.1. The van der Waals surface area contributed by atoms with E-state index in [1.54, 1.807) is 18.3 Å². The van der Waals surface area contributed by atoms with Crippen molar-refractivity contribution in [3.8, 4) is 5.75 Å². The monoisotopic (exact) mass is 396 g/mol. The largest absolute Gasteiger partial charge is 0.506 e. The van der Waals surface area contributed by atoms with Crippen molar-refractivity contribution in [2.24, 2.45) is 5.10 Å². The quantitative estimate of drug-likeness (QED) is 0.566. The number of nitrogens with zero attached hydrogens (tertiary/aromatic N) is 1. The van der Waals surface area contributed by atoms with Crippen molar-refractivity contribution in [3.63, 3.8) is 0 Å². The maximum atomic E-state index is 9.64. The molecule has 0 bridgehead atoms. The minimum atomic E-state index is 0.185. The second-order valence-corrected chi connectivity index (χ2v) is 6.23. The van der Waals surface area contributed by atoms with Crippen molar-refractivity contribution in [1.82, 2.24) is 0 Å². The van der Waals surface area contributed by atoms with E-state index in [4.69, 9.17) is 0 Å². The molecule has 20 heavy (non-hydrogen) atoms. The predicted molar refractivity (Wildman–Crippen MR) is 90.6 cm³/mol. The Balaban J connectivity index is 2.14. The predicted octanol–water partition coefficient (Wildman–Crippen LogP) is 4.98. The minimum absolute atomic E-state index is 0.185. The van der Waals surface area contributed by atoms with Crippen molar-refractivity contribution < 1.29 is 5.11 Å². The lowest BCUT2D eigenvalue weighted by Crippen LogP contribution is -1.93. The van der Waals surface area contributed by atoms with Gasteiger partial charge in [0.2, 0.25) is 0 Å². The topological polar surface area (TPSA) is 44.6 Å². The molecule has 2 N–H and O–H groups in total. The lowest BCUT2D eigenvalue weighted by Gasteiger charge is -2.06. The summed E-state index contributed by atoms with van der Waals surface area (Å²) in [7, 11) is 0. The maximum absolute atomic E-state index is 9.64. The fourth-order valence-electron chi connectivity index (χ4n) is 1.78. The Kier molecular flexibility index (Phi) is 4.83. The molecule has 0 saturated heterocycles. The van der Waals surface area contributed by atoms with Gasteiger partial charge in [-0.05, 0) is 75.0 Å². The standard InChI is InChI=1S/C15H14Br2N2O/c1-9-3-4-14(10(2)5-9)19-18-8-11-6-12(16)15(20)13(17)7-11/h3-8,19-20H,1-2H3. The van der Waals surface area contributed by atoms with E-state index < -0.39 is 0 Å². The number of benzene rings is 2. The van der Waals surface area contributed by atoms with Crippen molar-refractivity contribution >= 4 is 43.8 Å². The second kappa shape index (κ2) is 6.41. The van der Waals surface area contributed by atoms with Gasteiger partial charge in [0.25, 0.3) is 0 Å². The third kappa shape index (κ3) is 3.61. The lowest BCUT2D eigenvalue weighted by molar-refractivity contribution is 0.468. The number of aryl methyl sites for hydroxylation is 2. The number of rotatable bonds is 3. The minimum Gasteiger partial charge on any atom is -0.506 e. The number of anilines is 1. The van der Waals surface area contributed by atoms with Gasteiger partial charge in [0, 0.05) is 0 Å². The van der Waals surface area contributed by atoms with E-state index in [0.29, 0.717) is 8.95 Å². The van der Waals surface area contributed by atoms with Crippen LogP contribution in [0.3, 0.4) is 0 Å². The van der Waals surface area contributed by atoms with Gasteiger partial charge in [0.15, 0.2) is 0 Å². The number of nitrogens with one attached hydrogen (secondary N) is 1. The van der Waals surface area contributed by atoms with Crippen LogP contribution in [0.2, 0.25) is 0 Å². The molecule has 0 unspecified atom stereocenters. The molecule has 0 aliphatic carbocycles. The highest BCUT2D eigenvalue weighted by atomic mass is 79.9. The van der Waals surface area contributed by atoms with E-state index in [9.17, 15) is 5.11 Å². The molecular formula is C15H14Br2N2O. The highest BCUT2D eigenvalue weighted by Gasteiger charge is 2.04. The average Bonchev–Trinajstić information content (AvgIpc) is 2.38. The molecule has 0 aromatic heterocycles. The van der Waals surface area contributed by atoms with Gasteiger partial charge in [0.1, 0.15) is 5.75 Å². The molecule has 0 saturated carbocycles. The van der Waals surface area contributed by atoms with Crippen LogP contribution in [0.15, 0.2) is 44.4 Å². The smallest absolute Gasteiger partial charge is 0.143 e. The maximum Gasteiger partial charge on any atom is 0.143 e. The van der Waals surface area contributed by atoms with E-state index in [1.807, 2.05) is 19.1 Å². The van der Waals surface area contributed by atoms with Gasteiger partial charge < -0.3 is 5.11 Å². The van der Waals surface area contributed by atoms with E-state index in [2.05, 4.69) is 55.4 Å². The van der Waals surface area contributed by atoms with Crippen LogP contribution in [0.5, 0.6) is 5.75 Å². The van der Waals surface area contributed by atoms with E-state index in [1.165, 1.54) is 5.56 Å². The van der Waals surface area contributed by atoms with Crippen LogP contribution in [-0.2, 0) is 0 Å². The zero-order valence-corrected chi connectivity index (χ0v) is 14.3. The lowest BCUT2D eigenvalue weighted by atomic mass is 10.1. The molecular weight excluding hydrogens is 384 g/mol. The van der Waals surface area contributed by atoms with E-state index in [-0.39, 0.29) is 5.75 Å². The number of phenols is 1. The molecule has 0 fully saturated rings. The normalized spacial score (nSPS) is 11.0. The van der Waals surface area contributed by atoms with Crippen LogP contribution >= 0.6 is 31.9 Å². The SMILES string of the molecule is Cc1ccc(NN=Cc2cc(Br)c(O)c(Br)c2)c(C)c1. The van der Waals surface area contributed by atoms with Gasteiger partial charge in [-0.25, -0.2) is 0 Å². The van der Waals surface area contributed by atoms with Gasteiger partial charge >= 0.3 is 0 Å². The Hall–Kier alpha value is -1.33. The first kappa shape index (κ1) is 15.1. The molecule has 0 amide bonds. The van der Waals surface area contributed by atoms with Gasteiger partial charge in [-0.1, -0.05) is 17.7 Å². The Labute approximate surface area is 135 Å². The Morgan fingerprint density at radius 3 is 2.35 bits per heavy atom. The van der Waals surface area contributed by atoms with Gasteiger partial charge in [-0.15, -0.1) is 0 Å². The highest BCUT2D eigenvalue weighted by Crippen LogP contribution is 2.32. The summed E-state index contributed by atoms with van der Waals surface area (Å²) in [4.78, 5) is 0. The Morgan fingerprint density at radius 2 is 1.75 bits per heavy atom. The molecule has 0 atom stereocenters. The third-order valence-corrected chi connectivity index (χ3v) is 4.03. The highest BCUT2D eigenvalue weighted by molar-refractivity contribution is 9.11. The molecule has 0 radical (unpaired) electrons. The van der Waals surface area contributed by atoms with Gasteiger partial charge in [-0.3, -0.25) is 5.43 Å². The van der Waals surface area contributed by atoms with Gasteiger partial charge in [0.05, 0.1) is 20.8 Å². The fourth-order valence-corrected chi connectivity index (χ4v) is 3.00. The molecule has 2 aromatic rings. The molecule has 0 aliphatic rings.